The summed E-state index contributed by atoms with van der Waals surface area (Å²) in [6.45, 7) is 2.08. The molecule has 3 heterocycles. The van der Waals surface area contributed by atoms with Gasteiger partial charge in [0.1, 0.15) is 0 Å². The third kappa shape index (κ3) is 1.90. The van der Waals surface area contributed by atoms with Crippen molar-refractivity contribution in [1.29, 1.82) is 0 Å². The van der Waals surface area contributed by atoms with Crippen LogP contribution in [0.3, 0.4) is 0 Å². The molecule has 1 amide bonds. The zero-order chi connectivity index (χ0) is 17.3. The van der Waals surface area contributed by atoms with Gasteiger partial charge in [0, 0.05) is 33.2 Å². The minimum absolute atomic E-state index is 0.0970. The summed E-state index contributed by atoms with van der Waals surface area (Å²) < 4.78 is 0. The number of anilines is 1. The van der Waals surface area contributed by atoms with Gasteiger partial charge in [-0.15, -0.1) is 0 Å². The highest BCUT2D eigenvalue weighted by molar-refractivity contribution is 6.36. The molecule has 3 aromatic rings. The maximum absolute atomic E-state index is 13.1. The van der Waals surface area contributed by atoms with Gasteiger partial charge in [-0.3, -0.25) is 10.1 Å². The molecule has 0 saturated heterocycles. The second-order valence-electron chi connectivity index (χ2n) is 6.78. The Morgan fingerprint density at radius 2 is 2.04 bits per heavy atom. The molecule has 1 aromatic heterocycles. The number of halogens is 2. The lowest BCUT2D eigenvalue weighted by Gasteiger charge is -2.37. The lowest BCUT2D eigenvalue weighted by atomic mass is 9.80. The summed E-state index contributed by atoms with van der Waals surface area (Å²) >= 11 is 12.7. The molecule has 0 saturated carbocycles. The van der Waals surface area contributed by atoms with E-state index in [0.29, 0.717) is 10.0 Å². The van der Waals surface area contributed by atoms with Crippen LogP contribution in [0.4, 0.5) is 5.69 Å². The maximum atomic E-state index is 13.1. The first-order valence-corrected chi connectivity index (χ1v) is 8.95. The predicted octanol–water partition coefficient (Wildman–Crippen LogP) is 4.20. The third-order valence-corrected chi connectivity index (χ3v) is 5.75. The van der Waals surface area contributed by atoms with Crippen molar-refractivity contribution in [3.8, 4) is 0 Å². The molecule has 0 radical (unpaired) electrons. The molecule has 2 aliphatic heterocycles. The highest BCUT2D eigenvalue weighted by Gasteiger charge is 2.53. The van der Waals surface area contributed by atoms with E-state index in [4.69, 9.17) is 23.2 Å². The Morgan fingerprint density at radius 1 is 1.20 bits per heavy atom. The molecule has 1 spiro atoms. The third-order valence-electron chi connectivity index (χ3n) is 5.20. The summed E-state index contributed by atoms with van der Waals surface area (Å²) in [5.41, 5.74) is 3.54. The minimum Gasteiger partial charge on any atom is -0.356 e. The van der Waals surface area contributed by atoms with Gasteiger partial charge in [-0.2, -0.15) is 0 Å². The van der Waals surface area contributed by atoms with Gasteiger partial charge in [-0.1, -0.05) is 29.3 Å². The SMILES string of the molecule is CC1Cc2c([nH]c3cccc(Cl)c23)C2(N1)C(=O)Nc1ccc(Cl)cc12. The molecule has 2 aromatic carbocycles. The highest BCUT2D eigenvalue weighted by Crippen LogP contribution is 2.47. The quantitative estimate of drug-likeness (QED) is 0.554. The maximum Gasteiger partial charge on any atom is 0.255 e. The Balaban J connectivity index is 1.89. The first-order valence-electron chi connectivity index (χ1n) is 8.19. The van der Waals surface area contributed by atoms with E-state index in [2.05, 4.69) is 22.5 Å². The zero-order valence-corrected chi connectivity index (χ0v) is 14.9. The molecule has 2 aliphatic rings. The summed E-state index contributed by atoms with van der Waals surface area (Å²) in [6.07, 6.45) is 0.796. The Hall–Kier alpha value is -2.01. The normalized spacial score (nSPS) is 24.4. The molecular formula is C19H15Cl2N3O. The topological polar surface area (TPSA) is 56.9 Å². The number of hydrogen-bond donors (Lipinski definition) is 3. The minimum atomic E-state index is -0.977. The van der Waals surface area contributed by atoms with Crippen molar-refractivity contribution in [2.45, 2.75) is 24.9 Å². The number of rotatable bonds is 0. The number of carbonyl (C=O) groups excluding carboxylic acids is 1. The monoisotopic (exact) mass is 371 g/mol. The van der Waals surface area contributed by atoms with Crippen LogP contribution in [-0.2, 0) is 16.8 Å². The molecule has 5 rings (SSSR count). The fraction of sp³-hybridized carbons (Fsp3) is 0.211. The molecule has 25 heavy (non-hydrogen) atoms. The summed E-state index contributed by atoms with van der Waals surface area (Å²) in [5, 5.41) is 8.80. The summed E-state index contributed by atoms with van der Waals surface area (Å²) in [5.74, 6) is -0.0970. The fourth-order valence-electron chi connectivity index (χ4n) is 4.26. The van der Waals surface area contributed by atoms with E-state index < -0.39 is 5.54 Å². The molecule has 4 nitrogen and oxygen atoms in total. The number of fused-ring (bicyclic) bond motifs is 6. The zero-order valence-electron chi connectivity index (χ0n) is 13.4. The molecule has 0 fully saturated rings. The van der Waals surface area contributed by atoms with Crippen molar-refractivity contribution in [1.82, 2.24) is 10.3 Å². The van der Waals surface area contributed by atoms with Gasteiger partial charge in [0.25, 0.3) is 5.91 Å². The van der Waals surface area contributed by atoms with Gasteiger partial charge < -0.3 is 10.3 Å². The van der Waals surface area contributed by atoms with Crippen molar-refractivity contribution in [3.63, 3.8) is 0 Å². The summed E-state index contributed by atoms with van der Waals surface area (Å²) in [7, 11) is 0. The Bertz CT molecular complexity index is 1060. The van der Waals surface area contributed by atoms with Gasteiger partial charge in [0.05, 0.1) is 10.7 Å². The second kappa shape index (κ2) is 5.01. The van der Waals surface area contributed by atoms with Crippen LogP contribution < -0.4 is 10.6 Å². The van der Waals surface area contributed by atoms with Crippen molar-refractivity contribution in [2.24, 2.45) is 0 Å². The van der Waals surface area contributed by atoms with Crippen molar-refractivity contribution < 1.29 is 4.79 Å². The molecule has 126 valence electrons. The van der Waals surface area contributed by atoms with E-state index >= 15 is 0 Å². The molecule has 2 atom stereocenters. The average molecular weight is 372 g/mol. The van der Waals surface area contributed by atoms with Gasteiger partial charge in [-0.05, 0) is 49.2 Å². The lowest BCUT2D eigenvalue weighted by molar-refractivity contribution is -0.121. The van der Waals surface area contributed by atoms with Gasteiger partial charge >= 0.3 is 0 Å². The number of carbonyl (C=O) groups is 1. The van der Waals surface area contributed by atoms with E-state index in [1.165, 1.54) is 0 Å². The number of aromatic nitrogens is 1. The van der Waals surface area contributed by atoms with Crippen LogP contribution in [0.15, 0.2) is 36.4 Å². The van der Waals surface area contributed by atoms with Gasteiger partial charge in [0.15, 0.2) is 5.54 Å². The average Bonchev–Trinajstić information content (AvgIpc) is 3.06. The lowest BCUT2D eigenvalue weighted by Crippen LogP contribution is -2.56. The van der Waals surface area contributed by atoms with E-state index in [1.807, 2.05) is 30.3 Å². The van der Waals surface area contributed by atoms with Crippen LogP contribution in [0.5, 0.6) is 0 Å². The highest BCUT2D eigenvalue weighted by atomic mass is 35.5. The van der Waals surface area contributed by atoms with Crippen LogP contribution in [0.1, 0.15) is 23.7 Å². The molecule has 0 bridgehead atoms. The van der Waals surface area contributed by atoms with Gasteiger partial charge in [-0.25, -0.2) is 0 Å². The largest absolute Gasteiger partial charge is 0.356 e. The molecular weight excluding hydrogens is 357 g/mol. The smallest absolute Gasteiger partial charge is 0.255 e. The first kappa shape index (κ1) is 15.3. The van der Waals surface area contributed by atoms with Crippen molar-refractivity contribution in [2.75, 3.05) is 5.32 Å². The molecule has 2 unspecified atom stereocenters. The number of hydrogen-bond acceptors (Lipinski definition) is 2. The van der Waals surface area contributed by atoms with Crippen LogP contribution in [0.2, 0.25) is 10.0 Å². The van der Waals surface area contributed by atoms with Crippen LogP contribution in [-0.4, -0.2) is 16.9 Å². The predicted molar refractivity (Wildman–Crippen MR) is 100 cm³/mol. The van der Waals surface area contributed by atoms with E-state index in [0.717, 1.165) is 39.8 Å². The number of benzene rings is 2. The molecule has 6 heteroatoms. The number of amides is 1. The van der Waals surface area contributed by atoms with Crippen LogP contribution in [0.25, 0.3) is 10.9 Å². The number of nitrogens with one attached hydrogen (secondary N) is 3. The summed E-state index contributed by atoms with van der Waals surface area (Å²) in [4.78, 5) is 16.6. The number of aromatic amines is 1. The molecule has 0 aliphatic carbocycles. The van der Waals surface area contributed by atoms with E-state index in [-0.39, 0.29) is 11.9 Å². The molecule has 3 N–H and O–H groups in total. The van der Waals surface area contributed by atoms with Crippen LogP contribution in [0, 0.1) is 0 Å². The Labute approximate surface area is 154 Å². The standard InChI is InChI=1S/C19H15Cl2N3O/c1-9-7-11-16-13(21)3-2-4-15(16)22-17(11)19(24-9)12-8-10(20)5-6-14(12)23-18(19)25/h2-6,8-9,22,24H,7H2,1H3,(H,23,25). The van der Waals surface area contributed by atoms with Crippen molar-refractivity contribution >= 4 is 45.7 Å². The first-order chi connectivity index (χ1) is 12.0. The summed E-state index contributed by atoms with van der Waals surface area (Å²) in [6, 6.07) is 11.4. The number of H-pyrrole nitrogens is 1. The Kier molecular flexibility index (Phi) is 3.06. The van der Waals surface area contributed by atoms with Crippen molar-refractivity contribution in [3.05, 3.63) is 63.3 Å². The Morgan fingerprint density at radius 3 is 2.88 bits per heavy atom. The van der Waals surface area contributed by atoms with E-state index in [9.17, 15) is 4.79 Å². The van der Waals surface area contributed by atoms with E-state index in [1.54, 1.807) is 6.07 Å². The second-order valence-corrected chi connectivity index (χ2v) is 7.63. The fourth-order valence-corrected chi connectivity index (χ4v) is 4.72. The van der Waals surface area contributed by atoms with Crippen LogP contribution >= 0.6 is 23.2 Å². The van der Waals surface area contributed by atoms with Gasteiger partial charge in [0.2, 0.25) is 0 Å².